The summed E-state index contributed by atoms with van der Waals surface area (Å²) < 4.78 is 6.77. The van der Waals surface area contributed by atoms with Crippen molar-refractivity contribution in [3.8, 4) is 11.4 Å². The maximum absolute atomic E-state index is 13.1. The zero-order valence-electron chi connectivity index (χ0n) is 19.8. The van der Waals surface area contributed by atoms with E-state index in [1.165, 1.54) is 4.68 Å². The number of hydrogen-bond donors (Lipinski definition) is 1. The van der Waals surface area contributed by atoms with Gasteiger partial charge in [0.1, 0.15) is 5.75 Å². The van der Waals surface area contributed by atoms with Crippen LogP contribution in [0.2, 0.25) is 0 Å². The van der Waals surface area contributed by atoms with Gasteiger partial charge in [-0.15, -0.1) is 0 Å². The number of hydrogen-bond acceptors (Lipinski definition) is 5. The van der Waals surface area contributed by atoms with Crippen molar-refractivity contribution in [2.45, 2.75) is 40.0 Å². The third-order valence-electron chi connectivity index (χ3n) is 5.43. The molecule has 1 aromatic heterocycles. The minimum atomic E-state index is -0.275. The molecule has 0 saturated heterocycles. The highest BCUT2D eigenvalue weighted by Gasteiger charge is 2.17. The summed E-state index contributed by atoms with van der Waals surface area (Å²) in [5.41, 5.74) is 0.567. The van der Waals surface area contributed by atoms with Crippen LogP contribution < -0.4 is 15.6 Å². The van der Waals surface area contributed by atoms with Crippen molar-refractivity contribution in [2.24, 2.45) is 0 Å². The quantitative estimate of drug-likeness (QED) is 0.422. The van der Waals surface area contributed by atoms with Gasteiger partial charge in [-0.3, -0.25) is 9.59 Å². The number of nitrogens with zero attached hydrogens (tertiary/aromatic N) is 3. The number of aromatic nitrogens is 2. The monoisotopic (exact) mass is 450 g/mol. The average molecular weight is 451 g/mol. The zero-order chi connectivity index (χ0) is 23.6. The molecule has 3 rings (SSSR count). The summed E-state index contributed by atoms with van der Waals surface area (Å²) in [5, 5.41) is 8.47. The van der Waals surface area contributed by atoms with Crippen molar-refractivity contribution in [1.29, 1.82) is 0 Å². The average Bonchev–Trinajstić information content (AvgIpc) is 2.83. The maximum atomic E-state index is 13.1. The highest BCUT2D eigenvalue weighted by atomic mass is 16.5. The molecule has 0 spiro atoms. The smallest absolute Gasteiger partial charge is 0.279 e. The third kappa shape index (κ3) is 6.20. The third-order valence-corrected chi connectivity index (χ3v) is 5.43. The van der Waals surface area contributed by atoms with Crippen LogP contribution >= 0.6 is 0 Å². The number of amides is 1. The molecular formula is C26H34N4O3. The van der Waals surface area contributed by atoms with Gasteiger partial charge in [0, 0.05) is 11.9 Å². The van der Waals surface area contributed by atoms with Crippen LogP contribution in [0.4, 0.5) is 0 Å². The predicted molar refractivity (Wildman–Crippen MR) is 132 cm³/mol. The zero-order valence-corrected chi connectivity index (χ0v) is 19.8. The molecule has 1 N–H and O–H groups in total. The molecular weight excluding hydrogens is 416 g/mol. The lowest BCUT2D eigenvalue weighted by Gasteiger charge is -2.20. The largest absolute Gasteiger partial charge is 0.494 e. The number of carbonyl (C=O) groups excluding carboxylic acids is 1. The molecule has 0 radical (unpaired) electrons. The maximum Gasteiger partial charge on any atom is 0.279 e. The van der Waals surface area contributed by atoms with Gasteiger partial charge in [-0.2, -0.15) is 9.78 Å². The van der Waals surface area contributed by atoms with E-state index in [0.29, 0.717) is 35.4 Å². The Labute approximate surface area is 195 Å². The normalized spacial score (nSPS) is 11.2. The van der Waals surface area contributed by atoms with Crippen molar-refractivity contribution in [3.63, 3.8) is 0 Å². The van der Waals surface area contributed by atoms with Gasteiger partial charge in [0.15, 0.2) is 5.69 Å². The van der Waals surface area contributed by atoms with Crippen LogP contribution in [-0.4, -0.2) is 53.4 Å². The van der Waals surface area contributed by atoms with E-state index >= 15 is 0 Å². The molecule has 0 atom stereocenters. The topological polar surface area (TPSA) is 76.5 Å². The molecule has 7 heteroatoms. The van der Waals surface area contributed by atoms with E-state index in [-0.39, 0.29) is 17.2 Å². The van der Waals surface area contributed by atoms with Crippen LogP contribution in [0, 0.1) is 0 Å². The number of carbonyl (C=O) groups is 1. The molecule has 0 unspecified atom stereocenters. The van der Waals surface area contributed by atoms with Crippen LogP contribution in [0.1, 0.15) is 50.5 Å². The first-order valence-corrected chi connectivity index (χ1v) is 11.8. The number of rotatable bonds is 12. The first-order valence-electron chi connectivity index (χ1n) is 11.8. The van der Waals surface area contributed by atoms with E-state index in [9.17, 15) is 9.59 Å². The van der Waals surface area contributed by atoms with Crippen molar-refractivity contribution in [3.05, 3.63) is 64.6 Å². The van der Waals surface area contributed by atoms with E-state index in [2.05, 4.69) is 29.2 Å². The minimum Gasteiger partial charge on any atom is -0.494 e. The standard InChI is InChI=1S/C26H34N4O3/c1-4-17-29(18-5-2)19-9-16-27-25(31)24-22-10-7-8-11-23(22)26(32)30(28-24)20-12-14-21(15-13-20)33-6-3/h7-8,10-15H,4-6,9,16-19H2,1-3H3,(H,27,31). The van der Waals surface area contributed by atoms with Crippen LogP contribution in [0.3, 0.4) is 0 Å². The summed E-state index contributed by atoms with van der Waals surface area (Å²) in [4.78, 5) is 28.6. The molecule has 0 fully saturated rings. The van der Waals surface area contributed by atoms with Crippen LogP contribution in [0.25, 0.3) is 16.5 Å². The SMILES string of the molecule is CCCN(CCC)CCCNC(=O)c1nn(-c2ccc(OCC)cc2)c(=O)c2ccccc12. The number of nitrogens with one attached hydrogen (secondary N) is 1. The van der Waals surface area contributed by atoms with Crippen LogP contribution in [-0.2, 0) is 0 Å². The molecule has 0 aliphatic rings. The molecule has 1 amide bonds. The van der Waals surface area contributed by atoms with Gasteiger partial charge in [0.25, 0.3) is 11.5 Å². The Morgan fingerprint density at radius 2 is 1.64 bits per heavy atom. The molecule has 0 aliphatic carbocycles. The van der Waals surface area contributed by atoms with Crippen molar-refractivity contribution >= 4 is 16.7 Å². The van der Waals surface area contributed by atoms with Gasteiger partial charge >= 0.3 is 0 Å². The van der Waals surface area contributed by atoms with E-state index in [4.69, 9.17) is 4.74 Å². The Balaban J connectivity index is 1.82. The van der Waals surface area contributed by atoms with E-state index in [1.807, 2.05) is 13.0 Å². The van der Waals surface area contributed by atoms with Gasteiger partial charge in [-0.1, -0.05) is 32.0 Å². The molecule has 1 heterocycles. The summed E-state index contributed by atoms with van der Waals surface area (Å²) in [7, 11) is 0. The minimum absolute atomic E-state index is 0.248. The first kappa shape index (κ1) is 24.5. The second-order valence-corrected chi connectivity index (χ2v) is 7.99. The Kier molecular flexibility index (Phi) is 9.01. The van der Waals surface area contributed by atoms with Crippen molar-refractivity contribution in [2.75, 3.05) is 32.8 Å². The van der Waals surface area contributed by atoms with E-state index in [1.54, 1.807) is 42.5 Å². The van der Waals surface area contributed by atoms with Gasteiger partial charge in [0.05, 0.1) is 17.7 Å². The lowest BCUT2D eigenvalue weighted by Crippen LogP contribution is -2.33. The summed E-state index contributed by atoms with van der Waals surface area (Å²) in [5.74, 6) is 0.441. The molecule has 2 aromatic carbocycles. The summed E-state index contributed by atoms with van der Waals surface area (Å²) >= 11 is 0. The second kappa shape index (κ2) is 12.2. The van der Waals surface area contributed by atoms with Gasteiger partial charge in [-0.25, -0.2) is 0 Å². The molecule has 176 valence electrons. The van der Waals surface area contributed by atoms with E-state index < -0.39 is 0 Å². The lowest BCUT2D eigenvalue weighted by molar-refractivity contribution is 0.0946. The van der Waals surface area contributed by atoms with Crippen LogP contribution in [0.15, 0.2) is 53.3 Å². The first-order chi connectivity index (χ1) is 16.1. The number of fused-ring (bicyclic) bond motifs is 1. The molecule has 0 saturated carbocycles. The van der Waals surface area contributed by atoms with Crippen molar-refractivity contribution in [1.82, 2.24) is 20.0 Å². The molecule has 7 nitrogen and oxygen atoms in total. The van der Waals surface area contributed by atoms with Crippen LogP contribution in [0.5, 0.6) is 5.75 Å². The Bertz CT molecular complexity index is 1100. The summed E-state index contributed by atoms with van der Waals surface area (Å²) in [6, 6.07) is 14.2. The lowest BCUT2D eigenvalue weighted by atomic mass is 10.1. The van der Waals surface area contributed by atoms with Crippen molar-refractivity contribution < 1.29 is 9.53 Å². The predicted octanol–water partition coefficient (Wildman–Crippen LogP) is 4.03. The Hall–Kier alpha value is -3.19. The fourth-order valence-electron chi connectivity index (χ4n) is 3.94. The number of ether oxygens (including phenoxy) is 1. The second-order valence-electron chi connectivity index (χ2n) is 7.99. The fourth-order valence-corrected chi connectivity index (χ4v) is 3.94. The Morgan fingerprint density at radius 1 is 0.970 bits per heavy atom. The molecule has 0 aliphatic heterocycles. The highest BCUT2D eigenvalue weighted by molar-refractivity contribution is 6.04. The van der Waals surface area contributed by atoms with Gasteiger partial charge in [0.2, 0.25) is 0 Å². The molecule has 0 bridgehead atoms. The summed E-state index contributed by atoms with van der Waals surface area (Å²) in [6.45, 7) is 10.5. The van der Waals surface area contributed by atoms with Gasteiger partial charge in [-0.05, 0) is 76.2 Å². The Morgan fingerprint density at radius 3 is 2.27 bits per heavy atom. The van der Waals surface area contributed by atoms with E-state index in [0.717, 1.165) is 38.9 Å². The summed E-state index contributed by atoms with van der Waals surface area (Å²) in [6.07, 6.45) is 3.10. The highest BCUT2D eigenvalue weighted by Crippen LogP contribution is 2.17. The number of benzene rings is 2. The molecule has 33 heavy (non-hydrogen) atoms. The fraction of sp³-hybridized carbons (Fsp3) is 0.423. The van der Waals surface area contributed by atoms with Gasteiger partial charge < -0.3 is 15.0 Å². The molecule has 3 aromatic rings.